The molecule has 1 N–H and O–H groups in total. The van der Waals surface area contributed by atoms with Crippen molar-refractivity contribution in [1.29, 1.82) is 0 Å². The Bertz CT molecular complexity index is 1000. The van der Waals surface area contributed by atoms with Crippen molar-refractivity contribution in [2.24, 2.45) is 5.92 Å². The molecule has 1 unspecified atom stereocenters. The van der Waals surface area contributed by atoms with Crippen LogP contribution in [0.5, 0.6) is 0 Å². The van der Waals surface area contributed by atoms with Crippen LogP contribution in [0.15, 0.2) is 59.5 Å². The van der Waals surface area contributed by atoms with Crippen LogP contribution in [0.2, 0.25) is 0 Å². The lowest BCUT2D eigenvalue weighted by Crippen LogP contribution is -2.32. The molecule has 1 saturated heterocycles. The molecule has 0 radical (unpaired) electrons. The molecule has 0 bridgehead atoms. The first-order chi connectivity index (χ1) is 14.9. The Morgan fingerprint density at radius 2 is 1.65 bits per heavy atom. The predicted octanol–water partition coefficient (Wildman–Crippen LogP) is 3.49. The molecule has 0 saturated carbocycles. The molecule has 7 nitrogen and oxygen atoms in total. The van der Waals surface area contributed by atoms with Gasteiger partial charge in [0.2, 0.25) is 21.8 Å². The van der Waals surface area contributed by atoms with Gasteiger partial charge in [0.25, 0.3) is 0 Å². The van der Waals surface area contributed by atoms with Gasteiger partial charge in [0.1, 0.15) is 0 Å². The van der Waals surface area contributed by atoms with Gasteiger partial charge >= 0.3 is 0 Å². The van der Waals surface area contributed by atoms with E-state index < -0.39 is 15.9 Å². The van der Waals surface area contributed by atoms with Crippen LogP contribution in [0.1, 0.15) is 33.1 Å². The molecule has 0 aromatic heterocycles. The number of rotatable bonds is 9. The monoisotopic (exact) mass is 443 g/mol. The van der Waals surface area contributed by atoms with E-state index in [0.29, 0.717) is 25.3 Å². The first-order valence-corrected chi connectivity index (χ1v) is 12.1. The maximum Gasteiger partial charge on any atom is 0.243 e. The van der Waals surface area contributed by atoms with Crippen molar-refractivity contribution in [2.75, 3.05) is 29.9 Å². The SMILES string of the molecule is CCCN(CCC)S(=O)(=O)c1ccc(NC(=O)C2CC(=O)N(c3ccccc3)C2)cc1. The molecule has 2 aromatic carbocycles. The highest BCUT2D eigenvalue weighted by atomic mass is 32.2. The molecule has 0 aliphatic carbocycles. The van der Waals surface area contributed by atoms with Crippen molar-refractivity contribution in [3.63, 3.8) is 0 Å². The molecule has 8 heteroatoms. The van der Waals surface area contributed by atoms with Crippen LogP contribution in [0.3, 0.4) is 0 Å². The average Bonchev–Trinajstić information content (AvgIpc) is 3.16. The number of nitrogens with one attached hydrogen (secondary N) is 1. The van der Waals surface area contributed by atoms with Gasteiger partial charge in [-0.1, -0.05) is 32.0 Å². The third-order valence-corrected chi connectivity index (χ3v) is 7.18. The Morgan fingerprint density at radius 1 is 1.03 bits per heavy atom. The lowest BCUT2D eigenvalue weighted by Gasteiger charge is -2.21. The van der Waals surface area contributed by atoms with Gasteiger partial charge in [-0.3, -0.25) is 9.59 Å². The van der Waals surface area contributed by atoms with E-state index in [2.05, 4.69) is 5.32 Å². The quantitative estimate of drug-likeness (QED) is 0.643. The summed E-state index contributed by atoms with van der Waals surface area (Å²) >= 11 is 0. The van der Waals surface area contributed by atoms with E-state index in [-0.39, 0.29) is 23.1 Å². The molecule has 1 atom stereocenters. The van der Waals surface area contributed by atoms with E-state index in [0.717, 1.165) is 18.5 Å². The summed E-state index contributed by atoms with van der Waals surface area (Å²) in [5.74, 6) is -0.790. The van der Waals surface area contributed by atoms with Gasteiger partial charge in [0.15, 0.2) is 0 Å². The third-order valence-electron chi connectivity index (χ3n) is 5.27. The van der Waals surface area contributed by atoms with Crippen molar-refractivity contribution < 1.29 is 18.0 Å². The summed E-state index contributed by atoms with van der Waals surface area (Å²) in [7, 11) is -3.56. The highest BCUT2D eigenvalue weighted by Crippen LogP contribution is 2.26. The second-order valence-corrected chi connectivity index (χ2v) is 9.60. The summed E-state index contributed by atoms with van der Waals surface area (Å²) in [5, 5.41) is 2.81. The number of nitrogens with zero attached hydrogens (tertiary/aromatic N) is 2. The largest absolute Gasteiger partial charge is 0.326 e. The minimum atomic E-state index is -3.56. The van der Waals surface area contributed by atoms with Gasteiger partial charge in [0.05, 0.1) is 10.8 Å². The van der Waals surface area contributed by atoms with E-state index in [1.165, 1.54) is 16.4 Å². The van der Waals surface area contributed by atoms with E-state index in [1.807, 2.05) is 44.2 Å². The lowest BCUT2D eigenvalue weighted by atomic mass is 10.1. The van der Waals surface area contributed by atoms with Gasteiger partial charge in [-0.2, -0.15) is 4.31 Å². The van der Waals surface area contributed by atoms with Crippen LogP contribution in [-0.4, -0.2) is 44.2 Å². The summed E-state index contributed by atoms with van der Waals surface area (Å²) in [6.45, 7) is 5.17. The van der Waals surface area contributed by atoms with Crippen LogP contribution < -0.4 is 10.2 Å². The van der Waals surface area contributed by atoms with Crippen molar-refractivity contribution in [2.45, 2.75) is 38.0 Å². The van der Waals surface area contributed by atoms with Gasteiger partial charge in [-0.25, -0.2) is 8.42 Å². The second kappa shape index (κ2) is 10.1. The fourth-order valence-corrected chi connectivity index (χ4v) is 5.32. The van der Waals surface area contributed by atoms with Crippen molar-refractivity contribution >= 4 is 33.2 Å². The standard InChI is InChI=1S/C23H29N3O4S/c1-3-14-25(15-4-2)31(29,30)21-12-10-19(11-13-21)24-23(28)18-16-22(27)26(17-18)20-8-6-5-7-9-20/h5-13,18H,3-4,14-17H2,1-2H3,(H,24,28). The Kier molecular flexibility index (Phi) is 7.46. The smallest absolute Gasteiger partial charge is 0.243 e. The normalized spacial score (nSPS) is 16.7. The maximum absolute atomic E-state index is 12.9. The summed E-state index contributed by atoms with van der Waals surface area (Å²) in [4.78, 5) is 26.9. The topological polar surface area (TPSA) is 86.8 Å². The number of sulfonamides is 1. The molecule has 3 rings (SSSR count). The van der Waals surface area contributed by atoms with Crippen molar-refractivity contribution in [3.8, 4) is 0 Å². The third kappa shape index (κ3) is 5.32. The number of carbonyl (C=O) groups excluding carboxylic acids is 2. The summed E-state index contributed by atoms with van der Waals surface area (Å²) in [6, 6.07) is 15.5. The molecular formula is C23H29N3O4S. The number of amides is 2. The summed E-state index contributed by atoms with van der Waals surface area (Å²) in [5.41, 5.74) is 1.29. The molecule has 1 fully saturated rings. The molecule has 166 valence electrons. The van der Waals surface area contributed by atoms with Crippen LogP contribution in [-0.2, 0) is 19.6 Å². The molecule has 1 aliphatic heterocycles. The molecule has 31 heavy (non-hydrogen) atoms. The predicted molar refractivity (Wildman–Crippen MR) is 121 cm³/mol. The lowest BCUT2D eigenvalue weighted by molar-refractivity contribution is -0.122. The Labute approximate surface area is 184 Å². The number of benzene rings is 2. The number of hydrogen-bond donors (Lipinski definition) is 1. The Balaban J connectivity index is 1.66. The van der Waals surface area contributed by atoms with Crippen LogP contribution in [0, 0.1) is 5.92 Å². The first-order valence-electron chi connectivity index (χ1n) is 10.6. The number of hydrogen-bond acceptors (Lipinski definition) is 4. The number of para-hydroxylation sites is 1. The van der Waals surface area contributed by atoms with Crippen LogP contribution in [0.4, 0.5) is 11.4 Å². The zero-order chi connectivity index (χ0) is 22.4. The fourth-order valence-electron chi connectivity index (χ4n) is 3.70. The molecular weight excluding hydrogens is 414 g/mol. The second-order valence-electron chi connectivity index (χ2n) is 7.66. The van der Waals surface area contributed by atoms with Gasteiger partial charge in [-0.15, -0.1) is 0 Å². The van der Waals surface area contributed by atoms with E-state index in [9.17, 15) is 18.0 Å². The van der Waals surface area contributed by atoms with Crippen molar-refractivity contribution in [1.82, 2.24) is 4.31 Å². The minimum Gasteiger partial charge on any atom is -0.326 e. The fraction of sp³-hybridized carbons (Fsp3) is 0.391. The Morgan fingerprint density at radius 3 is 2.23 bits per heavy atom. The van der Waals surface area contributed by atoms with Gasteiger partial charge in [0, 0.05) is 37.4 Å². The molecule has 1 aliphatic rings. The van der Waals surface area contributed by atoms with E-state index >= 15 is 0 Å². The molecule has 2 aromatic rings. The van der Waals surface area contributed by atoms with Crippen molar-refractivity contribution in [3.05, 3.63) is 54.6 Å². The highest BCUT2D eigenvalue weighted by molar-refractivity contribution is 7.89. The van der Waals surface area contributed by atoms with Crippen LogP contribution in [0.25, 0.3) is 0 Å². The first kappa shape index (κ1) is 23.0. The van der Waals surface area contributed by atoms with Gasteiger partial charge < -0.3 is 10.2 Å². The zero-order valence-electron chi connectivity index (χ0n) is 18.0. The number of carbonyl (C=O) groups is 2. The zero-order valence-corrected chi connectivity index (χ0v) is 18.8. The van der Waals surface area contributed by atoms with Crippen LogP contribution >= 0.6 is 0 Å². The number of anilines is 2. The Hall–Kier alpha value is -2.71. The molecule has 1 heterocycles. The average molecular weight is 444 g/mol. The van der Waals surface area contributed by atoms with Gasteiger partial charge in [-0.05, 0) is 49.2 Å². The van der Waals surface area contributed by atoms with E-state index in [1.54, 1.807) is 17.0 Å². The maximum atomic E-state index is 12.9. The highest BCUT2D eigenvalue weighted by Gasteiger charge is 2.35. The molecule has 0 spiro atoms. The minimum absolute atomic E-state index is 0.0836. The summed E-state index contributed by atoms with van der Waals surface area (Å²) in [6.07, 6.45) is 1.64. The molecule has 2 amide bonds. The van der Waals surface area contributed by atoms with E-state index in [4.69, 9.17) is 0 Å². The summed E-state index contributed by atoms with van der Waals surface area (Å²) < 4.78 is 27.2.